The lowest BCUT2D eigenvalue weighted by molar-refractivity contribution is -0.130. The molecule has 0 bridgehead atoms. The Kier molecular flexibility index (Phi) is 5.43. The van der Waals surface area contributed by atoms with Crippen LogP contribution in [-0.2, 0) is 11.2 Å². The standard InChI is InChI=1S/C25H25NO2/c1-28-22-17-15-21(16-18-22)26-24(20-12-6-3-7-13-20)23(25(26)27)14-8-11-19-9-4-2-5-10-19/h2-7,9-10,12-13,15-18,23-24H,8,11,14H2,1H3/t23-,24-/m1/s1. The summed E-state index contributed by atoms with van der Waals surface area (Å²) < 4.78 is 5.25. The molecule has 1 fully saturated rings. The third-order valence-corrected chi connectivity index (χ3v) is 5.53. The summed E-state index contributed by atoms with van der Waals surface area (Å²) in [5.74, 6) is 1.05. The van der Waals surface area contributed by atoms with Gasteiger partial charge in [-0.15, -0.1) is 0 Å². The first-order valence-electron chi connectivity index (χ1n) is 9.84. The maximum Gasteiger partial charge on any atom is 0.233 e. The zero-order chi connectivity index (χ0) is 19.3. The van der Waals surface area contributed by atoms with E-state index in [1.807, 2.05) is 53.4 Å². The smallest absolute Gasteiger partial charge is 0.233 e. The molecule has 1 heterocycles. The number of aryl methyl sites for hydroxylation is 1. The predicted octanol–water partition coefficient (Wildman–Crippen LogP) is 5.42. The molecule has 1 saturated heterocycles. The number of rotatable bonds is 7. The zero-order valence-electron chi connectivity index (χ0n) is 16.1. The van der Waals surface area contributed by atoms with E-state index in [2.05, 4.69) is 36.4 Å². The third-order valence-electron chi connectivity index (χ3n) is 5.53. The highest BCUT2D eigenvalue weighted by atomic mass is 16.5. The van der Waals surface area contributed by atoms with Crippen molar-refractivity contribution < 1.29 is 9.53 Å². The van der Waals surface area contributed by atoms with E-state index in [0.29, 0.717) is 0 Å². The number of amides is 1. The van der Waals surface area contributed by atoms with Gasteiger partial charge in [0.15, 0.2) is 0 Å². The van der Waals surface area contributed by atoms with Crippen LogP contribution in [0.1, 0.15) is 30.0 Å². The Morgan fingerprint density at radius 2 is 1.50 bits per heavy atom. The second kappa shape index (κ2) is 8.30. The second-order valence-corrected chi connectivity index (χ2v) is 7.25. The molecule has 3 aromatic rings. The molecule has 0 radical (unpaired) electrons. The summed E-state index contributed by atoms with van der Waals surface area (Å²) in [6.45, 7) is 0. The lowest BCUT2D eigenvalue weighted by Crippen LogP contribution is -2.55. The van der Waals surface area contributed by atoms with E-state index in [9.17, 15) is 4.79 Å². The van der Waals surface area contributed by atoms with Crippen molar-refractivity contribution in [2.24, 2.45) is 5.92 Å². The lowest BCUT2D eigenvalue weighted by atomic mass is 9.78. The molecule has 3 nitrogen and oxygen atoms in total. The Balaban J connectivity index is 1.52. The van der Waals surface area contributed by atoms with Crippen LogP contribution in [0, 0.1) is 5.92 Å². The van der Waals surface area contributed by atoms with E-state index < -0.39 is 0 Å². The molecule has 4 rings (SSSR count). The monoisotopic (exact) mass is 371 g/mol. The Morgan fingerprint density at radius 3 is 2.14 bits per heavy atom. The van der Waals surface area contributed by atoms with Crippen LogP contribution in [0.4, 0.5) is 5.69 Å². The fraction of sp³-hybridized carbons (Fsp3) is 0.240. The van der Waals surface area contributed by atoms with E-state index in [1.165, 1.54) is 11.1 Å². The molecular formula is C25H25NO2. The molecule has 0 aliphatic carbocycles. The summed E-state index contributed by atoms with van der Waals surface area (Å²) in [6, 6.07) is 28.7. The second-order valence-electron chi connectivity index (χ2n) is 7.25. The van der Waals surface area contributed by atoms with E-state index >= 15 is 0 Å². The molecule has 0 aromatic heterocycles. The van der Waals surface area contributed by atoms with Gasteiger partial charge in [-0.25, -0.2) is 0 Å². The minimum Gasteiger partial charge on any atom is -0.497 e. The molecule has 0 spiro atoms. The summed E-state index contributed by atoms with van der Waals surface area (Å²) in [5.41, 5.74) is 3.46. The van der Waals surface area contributed by atoms with E-state index in [-0.39, 0.29) is 17.9 Å². The zero-order valence-corrected chi connectivity index (χ0v) is 16.1. The minimum absolute atomic E-state index is 0.0354. The number of anilines is 1. The van der Waals surface area contributed by atoms with Gasteiger partial charge in [0.1, 0.15) is 5.75 Å². The van der Waals surface area contributed by atoms with Crippen molar-refractivity contribution in [3.8, 4) is 5.75 Å². The van der Waals surface area contributed by atoms with Crippen molar-refractivity contribution in [3.05, 3.63) is 96.1 Å². The fourth-order valence-electron chi connectivity index (χ4n) is 4.06. The topological polar surface area (TPSA) is 29.5 Å². The highest BCUT2D eigenvalue weighted by Gasteiger charge is 2.48. The van der Waals surface area contributed by atoms with E-state index in [0.717, 1.165) is 30.7 Å². The number of carbonyl (C=O) groups excluding carboxylic acids is 1. The number of methoxy groups -OCH3 is 1. The molecule has 3 aromatic carbocycles. The summed E-state index contributed by atoms with van der Waals surface area (Å²) >= 11 is 0. The molecule has 0 N–H and O–H groups in total. The summed E-state index contributed by atoms with van der Waals surface area (Å²) in [5, 5.41) is 0. The molecule has 2 atom stereocenters. The Bertz CT molecular complexity index is 906. The average Bonchev–Trinajstić information content (AvgIpc) is 2.76. The van der Waals surface area contributed by atoms with Gasteiger partial charge in [0, 0.05) is 5.69 Å². The summed E-state index contributed by atoms with van der Waals surface area (Å²) in [4.78, 5) is 15.0. The van der Waals surface area contributed by atoms with Crippen LogP contribution in [0.3, 0.4) is 0 Å². The normalized spacial score (nSPS) is 18.6. The van der Waals surface area contributed by atoms with Crippen molar-refractivity contribution in [1.29, 1.82) is 0 Å². The van der Waals surface area contributed by atoms with Gasteiger partial charge in [-0.3, -0.25) is 4.79 Å². The summed E-state index contributed by atoms with van der Waals surface area (Å²) in [6.07, 6.45) is 2.93. The average molecular weight is 371 g/mol. The molecule has 3 heteroatoms. The number of hydrogen-bond donors (Lipinski definition) is 0. The molecule has 142 valence electrons. The maximum atomic E-state index is 13.0. The van der Waals surface area contributed by atoms with Gasteiger partial charge >= 0.3 is 0 Å². The van der Waals surface area contributed by atoms with Crippen LogP contribution in [0.25, 0.3) is 0 Å². The van der Waals surface area contributed by atoms with Crippen molar-refractivity contribution in [2.45, 2.75) is 25.3 Å². The van der Waals surface area contributed by atoms with Gasteiger partial charge in [0.25, 0.3) is 0 Å². The van der Waals surface area contributed by atoms with Crippen molar-refractivity contribution in [3.63, 3.8) is 0 Å². The highest BCUT2D eigenvalue weighted by Crippen LogP contribution is 2.45. The van der Waals surface area contributed by atoms with Crippen LogP contribution < -0.4 is 9.64 Å². The molecule has 1 aliphatic heterocycles. The van der Waals surface area contributed by atoms with E-state index in [1.54, 1.807) is 7.11 Å². The number of nitrogens with zero attached hydrogens (tertiary/aromatic N) is 1. The van der Waals surface area contributed by atoms with Crippen molar-refractivity contribution in [1.82, 2.24) is 0 Å². The van der Waals surface area contributed by atoms with Gasteiger partial charge < -0.3 is 9.64 Å². The van der Waals surface area contributed by atoms with Gasteiger partial charge in [-0.2, -0.15) is 0 Å². The number of ether oxygens (including phenoxy) is 1. The molecule has 0 saturated carbocycles. The molecule has 0 unspecified atom stereocenters. The van der Waals surface area contributed by atoms with Gasteiger partial charge in [-0.1, -0.05) is 60.7 Å². The van der Waals surface area contributed by atoms with Crippen LogP contribution in [0.5, 0.6) is 5.75 Å². The Hall–Kier alpha value is -3.07. The molecular weight excluding hydrogens is 346 g/mol. The fourth-order valence-corrected chi connectivity index (χ4v) is 4.06. The van der Waals surface area contributed by atoms with Crippen LogP contribution in [-0.4, -0.2) is 13.0 Å². The molecule has 28 heavy (non-hydrogen) atoms. The minimum atomic E-state index is 0.0354. The third kappa shape index (κ3) is 3.65. The number of β-lactam (4-membered cyclic amide) rings is 1. The van der Waals surface area contributed by atoms with Gasteiger partial charge in [0.2, 0.25) is 5.91 Å². The summed E-state index contributed by atoms with van der Waals surface area (Å²) in [7, 11) is 1.65. The largest absolute Gasteiger partial charge is 0.497 e. The Morgan fingerprint density at radius 1 is 0.857 bits per heavy atom. The van der Waals surface area contributed by atoms with Gasteiger partial charge in [-0.05, 0) is 54.7 Å². The number of hydrogen-bond acceptors (Lipinski definition) is 2. The lowest BCUT2D eigenvalue weighted by Gasteiger charge is -2.47. The van der Waals surface area contributed by atoms with Crippen LogP contribution in [0.2, 0.25) is 0 Å². The quantitative estimate of drug-likeness (QED) is 0.519. The first kappa shape index (κ1) is 18.3. The van der Waals surface area contributed by atoms with Crippen LogP contribution in [0.15, 0.2) is 84.9 Å². The maximum absolute atomic E-state index is 13.0. The first-order chi connectivity index (χ1) is 13.8. The predicted molar refractivity (Wildman–Crippen MR) is 113 cm³/mol. The van der Waals surface area contributed by atoms with E-state index in [4.69, 9.17) is 4.74 Å². The molecule has 1 amide bonds. The van der Waals surface area contributed by atoms with Crippen molar-refractivity contribution in [2.75, 3.05) is 12.0 Å². The highest BCUT2D eigenvalue weighted by molar-refractivity contribution is 6.03. The number of benzene rings is 3. The number of carbonyl (C=O) groups is 1. The SMILES string of the molecule is COc1ccc(N2C(=O)[C@H](CCCc3ccccc3)[C@H]2c2ccccc2)cc1. The molecule has 1 aliphatic rings. The van der Waals surface area contributed by atoms with Crippen molar-refractivity contribution >= 4 is 11.6 Å². The van der Waals surface area contributed by atoms with Crippen LogP contribution >= 0.6 is 0 Å². The first-order valence-corrected chi connectivity index (χ1v) is 9.84. The van der Waals surface area contributed by atoms with Gasteiger partial charge in [0.05, 0.1) is 19.1 Å². The Labute approximate surface area is 166 Å².